The lowest BCUT2D eigenvalue weighted by atomic mass is 10.1. The van der Waals surface area contributed by atoms with Crippen molar-refractivity contribution in [2.45, 2.75) is 24.8 Å². The molecule has 1 aliphatic rings. The number of pyridine rings is 1. The van der Waals surface area contributed by atoms with Crippen LogP contribution in [0.25, 0.3) is 0 Å². The Hall–Kier alpha value is -0.410. The summed E-state index contributed by atoms with van der Waals surface area (Å²) in [4.78, 5) is 4.09. The highest BCUT2D eigenvalue weighted by Crippen LogP contribution is 2.35. The van der Waals surface area contributed by atoms with Gasteiger partial charge in [-0.1, -0.05) is 0 Å². The van der Waals surface area contributed by atoms with Crippen molar-refractivity contribution in [3.63, 3.8) is 0 Å². The van der Waals surface area contributed by atoms with Gasteiger partial charge in [0, 0.05) is 22.4 Å². The quantitative estimate of drug-likeness (QED) is 0.837. The molecule has 0 atom stereocenters. The number of rotatable bonds is 2. The summed E-state index contributed by atoms with van der Waals surface area (Å²) < 4.78 is 1.03. The molecule has 64 valence electrons. The van der Waals surface area contributed by atoms with E-state index in [1.807, 2.05) is 6.20 Å². The van der Waals surface area contributed by atoms with Gasteiger partial charge in [-0.2, -0.15) is 0 Å². The summed E-state index contributed by atoms with van der Waals surface area (Å²) >= 11 is 3.39. The summed E-state index contributed by atoms with van der Waals surface area (Å²) in [7, 11) is 0. The van der Waals surface area contributed by atoms with E-state index >= 15 is 0 Å². The predicted molar refractivity (Wildman–Crippen MR) is 51.8 cm³/mol. The summed E-state index contributed by atoms with van der Waals surface area (Å²) in [5.41, 5.74) is 7.30. The Balaban J connectivity index is 2.12. The van der Waals surface area contributed by atoms with Crippen LogP contribution in [0.5, 0.6) is 0 Å². The van der Waals surface area contributed by atoms with Crippen molar-refractivity contribution in [2.75, 3.05) is 0 Å². The number of nitrogens with two attached hydrogens (primary N) is 1. The van der Waals surface area contributed by atoms with Gasteiger partial charge in [-0.05, 0) is 46.8 Å². The van der Waals surface area contributed by atoms with Crippen molar-refractivity contribution in [3.05, 3.63) is 28.5 Å². The van der Waals surface area contributed by atoms with E-state index in [1.54, 1.807) is 6.20 Å². The van der Waals surface area contributed by atoms with Crippen molar-refractivity contribution < 1.29 is 0 Å². The zero-order valence-corrected chi connectivity index (χ0v) is 8.34. The lowest BCUT2D eigenvalue weighted by molar-refractivity contribution is 0.670. The minimum atomic E-state index is 0.0858. The normalized spacial score (nSPS) is 19.2. The van der Waals surface area contributed by atoms with Crippen LogP contribution in [0.3, 0.4) is 0 Å². The Bertz CT molecular complexity index is 294. The standard InChI is InChI=1S/C9H11BrN2/c10-8-3-7(5-12-6-8)4-9(11)1-2-9/h3,5-6H,1-2,4,11H2. The van der Waals surface area contributed by atoms with Gasteiger partial charge in [-0.3, -0.25) is 4.98 Å². The molecule has 1 aliphatic carbocycles. The molecule has 1 heterocycles. The third-order valence-electron chi connectivity index (χ3n) is 2.21. The fourth-order valence-electron chi connectivity index (χ4n) is 1.30. The SMILES string of the molecule is NC1(Cc2cncc(Br)c2)CC1. The molecule has 0 saturated heterocycles. The van der Waals surface area contributed by atoms with E-state index < -0.39 is 0 Å². The van der Waals surface area contributed by atoms with Gasteiger partial charge in [-0.25, -0.2) is 0 Å². The fraction of sp³-hybridized carbons (Fsp3) is 0.444. The summed E-state index contributed by atoms with van der Waals surface area (Å²) in [5.74, 6) is 0. The van der Waals surface area contributed by atoms with Gasteiger partial charge in [0.25, 0.3) is 0 Å². The van der Waals surface area contributed by atoms with E-state index in [2.05, 4.69) is 27.0 Å². The molecule has 1 saturated carbocycles. The van der Waals surface area contributed by atoms with E-state index in [0.29, 0.717) is 0 Å². The van der Waals surface area contributed by atoms with Gasteiger partial charge >= 0.3 is 0 Å². The highest BCUT2D eigenvalue weighted by molar-refractivity contribution is 9.10. The number of aromatic nitrogens is 1. The number of halogens is 1. The molecular formula is C9H11BrN2. The van der Waals surface area contributed by atoms with Crippen molar-refractivity contribution in [3.8, 4) is 0 Å². The Morgan fingerprint density at radius 2 is 2.25 bits per heavy atom. The summed E-state index contributed by atoms with van der Waals surface area (Å²) in [6, 6.07) is 2.08. The molecule has 0 radical (unpaired) electrons. The van der Waals surface area contributed by atoms with Gasteiger partial charge in [0.05, 0.1) is 0 Å². The summed E-state index contributed by atoms with van der Waals surface area (Å²) in [5, 5.41) is 0. The molecule has 3 heteroatoms. The van der Waals surface area contributed by atoms with Gasteiger partial charge < -0.3 is 5.73 Å². The molecule has 2 nitrogen and oxygen atoms in total. The number of hydrogen-bond donors (Lipinski definition) is 1. The van der Waals surface area contributed by atoms with E-state index in [4.69, 9.17) is 5.73 Å². The number of hydrogen-bond acceptors (Lipinski definition) is 2. The zero-order valence-electron chi connectivity index (χ0n) is 6.76. The molecule has 0 aliphatic heterocycles. The van der Waals surface area contributed by atoms with Crippen LogP contribution in [-0.2, 0) is 6.42 Å². The first-order valence-electron chi connectivity index (χ1n) is 4.06. The Morgan fingerprint density at radius 1 is 1.50 bits per heavy atom. The molecule has 0 aromatic carbocycles. The topological polar surface area (TPSA) is 38.9 Å². The third kappa shape index (κ3) is 1.84. The van der Waals surface area contributed by atoms with E-state index in [0.717, 1.165) is 23.7 Å². The lowest BCUT2D eigenvalue weighted by Crippen LogP contribution is -2.24. The molecule has 0 bridgehead atoms. The Morgan fingerprint density at radius 3 is 2.83 bits per heavy atom. The Labute approximate surface area is 80.3 Å². The van der Waals surface area contributed by atoms with Gasteiger partial charge in [0.2, 0.25) is 0 Å². The predicted octanol–water partition coefficient (Wildman–Crippen LogP) is 1.88. The third-order valence-corrected chi connectivity index (χ3v) is 2.64. The maximum absolute atomic E-state index is 5.99. The second kappa shape index (κ2) is 2.82. The van der Waals surface area contributed by atoms with Crippen LogP contribution in [0.4, 0.5) is 0 Å². The lowest BCUT2D eigenvalue weighted by Gasteiger charge is -2.07. The van der Waals surface area contributed by atoms with Crippen LogP contribution in [0.2, 0.25) is 0 Å². The molecule has 0 amide bonds. The minimum Gasteiger partial charge on any atom is -0.325 e. The van der Waals surface area contributed by atoms with Crippen molar-refractivity contribution in [2.24, 2.45) is 5.73 Å². The average molecular weight is 227 g/mol. The second-order valence-electron chi connectivity index (χ2n) is 3.55. The largest absolute Gasteiger partial charge is 0.325 e. The van der Waals surface area contributed by atoms with Crippen LogP contribution in [0, 0.1) is 0 Å². The smallest absolute Gasteiger partial charge is 0.0410 e. The molecule has 2 rings (SSSR count). The maximum Gasteiger partial charge on any atom is 0.0410 e. The van der Waals surface area contributed by atoms with E-state index in [1.165, 1.54) is 5.56 Å². The maximum atomic E-state index is 5.99. The van der Waals surface area contributed by atoms with Crippen LogP contribution >= 0.6 is 15.9 Å². The first-order chi connectivity index (χ1) is 5.68. The molecule has 0 spiro atoms. The van der Waals surface area contributed by atoms with Gasteiger partial charge in [-0.15, -0.1) is 0 Å². The average Bonchev–Trinajstić information content (AvgIpc) is 2.67. The summed E-state index contributed by atoms with van der Waals surface area (Å²) in [6.07, 6.45) is 6.94. The van der Waals surface area contributed by atoms with Crippen molar-refractivity contribution in [1.82, 2.24) is 4.98 Å². The van der Waals surface area contributed by atoms with E-state index in [9.17, 15) is 0 Å². The van der Waals surface area contributed by atoms with Crippen LogP contribution < -0.4 is 5.73 Å². The van der Waals surface area contributed by atoms with Crippen molar-refractivity contribution >= 4 is 15.9 Å². The van der Waals surface area contributed by atoms with E-state index in [-0.39, 0.29) is 5.54 Å². The van der Waals surface area contributed by atoms with Crippen LogP contribution in [0.15, 0.2) is 22.9 Å². The summed E-state index contributed by atoms with van der Waals surface area (Å²) in [6.45, 7) is 0. The highest BCUT2D eigenvalue weighted by Gasteiger charge is 2.37. The monoisotopic (exact) mass is 226 g/mol. The number of nitrogens with zero attached hydrogens (tertiary/aromatic N) is 1. The molecule has 1 fully saturated rings. The molecule has 2 N–H and O–H groups in total. The van der Waals surface area contributed by atoms with Gasteiger partial charge in [0.15, 0.2) is 0 Å². The van der Waals surface area contributed by atoms with Gasteiger partial charge in [0.1, 0.15) is 0 Å². The minimum absolute atomic E-state index is 0.0858. The zero-order chi connectivity index (χ0) is 8.60. The molecule has 0 unspecified atom stereocenters. The Kier molecular flexibility index (Phi) is 1.93. The first-order valence-corrected chi connectivity index (χ1v) is 4.86. The first kappa shape index (κ1) is 8.20. The molecular weight excluding hydrogens is 216 g/mol. The molecule has 12 heavy (non-hydrogen) atoms. The molecule has 1 aromatic rings. The molecule has 1 aromatic heterocycles. The van der Waals surface area contributed by atoms with Crippen molar-refractivity contribution in [1.29, 1.82) is 0 Å². The fourth-order valence-corrected chi connectivity index (χ4v) is 1.71. The van der Waals surface area contributed by atoms with Crippen LogP contribution in [0.1, 0.15) is 18.4 Å². The highest BCUT2D eigenvalue weighted by atomic mass is 79.9. The van der Waals surface area contributed by atoms with Crippen LogP contribution in [-0.4, -0.2) is 10.5 Å². The second-order valence-corrected chi connectivity index (χ2v) is 4.47.